The first-order valence-corrected chi connectivity index (χ1v) is 7.10. The summed E-state index contributed by atoms with van der Waals surface area (Å²) in [5.74, 6) is 0.612. The largest absolute Gasteiger partial charge is 0.394 e. The van der Waals surface area contributed by atoms with Crippen molar-refractivity contribution in [1.29, 1.82) is 0 Å². The highest BCUT2D eigenvalue weighted by molar-refractivity contribution is 5.79. The van der Waals surface area contributed by atoms with Crippen LogP contribution in [0.3, 0.4) is 0 Å². The first-order chi connectivity index (χ1) is 11.2. The number of aliphatic hydroxyl groups is 2. The van der Waals surface area contributed by atoms with Crippen LogP contribution in [0.25, 0.3) is 17.0 Å². The van der Waals surface area contributed by atoms with E-state index in [1.54, 1.807) is 34.2 Å². The monoisotopic (exact) mass is 317 g/mol. The third kappa shape index (κ3) is 2.23. The first-order valence-electron chi connectivity index (χ1n) is 7.10. The molecule has 120 valence electrons. The summed E-state index contributed by atoms with van der Waals surface area (Å²) in [6, 6.07) is 0. The summed E-state index contributed by atoms with van der Waals surface area (Å²) in [4.78, 5) is 16.8. The Morgan fingerprint density at radius 2 is 2.22 bits per heavy atom. The lowest BCUT2D eigenvalue weighted by atomic mass is 10.2. The van der Waals surface area contributed by atoms with Gasteiger partial charge in [0.1, 0.15) is 18.7 Å². The summed E-state index contributed by atoms with van der Waals surface area (Å²) < 4.78 is 9.03. The minimum atomic E-state index is -0.741. The summed E-state index contributed by atoms with van der Waals surface area (Å²) in [5, 5.41) is 19.1. The van der Waals surface area contributed by atoms with Gasteiger partial charge in [-0.2, -0.15) is 9.97 Å². The van der Waals surface area contributed by atoms with Gasteiger partial charge in [-0.05, 0) is 0 Å². The highest BCUT2D eigenvalue weighted by Gasteiger charge is 2.35. The maximum atomic E-state index is 9.90. The highest BCUT2D eigenvalue weighted by atomic mass is 16.5. The maximum Gasteiger partial charge on any atom is 0.224 e. The van der Waals surface area contributed by atoms with E-state index in [9.17, 15) is 10.2 Å². The number of nitrogen functional groups attached to an aromatic ring is 1. The normalized spacial score (nSPS) is 24.5. The van der Waals surface area contributed by atoms with Crippen molar-refractivity contribution in [3.8, 4) is 5.82 Å². The van der Waals surface area contributed by atoms with Gasteiger partial charge in [-0.1, -0.05) is 0 Å². The summed E-state index contributed by atoms with van der Waals surface area (Å²) in [6.45, 7) is -0.248. The van der Waals surface area contributed by atoms with E-state index in [-0.39, 0.29) is 12.6 Å². The number of ether oxygens (including phenoxy) is 1. The number of fused-ring (bicyclic) bond motifs is 1. The van der Waals surface area contributed by atoms with Gasteiger partial charge < -0.3 is 20.7 Å². The Labute approximate surface area is 130 Å². The SMILES string of the molecule is Nc1nc(-n2ccnc2)c2ncn([C@H]3C[C@H](O)[C@@H](CO)O3)c2n1. The Bertz CT molecular complexity index is 832. The molecule has 1 saturated heterocycles. The quantitative estimate of drug-likeness (QED) is 0.573. The zero-order valence-corrected chi connectivity index (χ0v) is 12.0. The van der Waals surface area contributed by atoms with E-state index in [2.05, 4.69) is 19.9 Å². The first kappa shape index (κ1) is 14.1. The number of aliphatic hydroxyl groups excluding tert-OH is 2. The highest BCUT2D eigenvalue weighted by Crippen LogP contribution is 2.31. The minimum absolute atomic E-state index is 0.0974. The Kier molecular flexibility index (Phi) is 3.22. The minimum Gasteiger partial charge on any atom is -0.394 e. The topological polar surface area (TPSA) is 137 Å². The summed E-state index contributed by atoms with van der Waals surface area (Å²) in [6.07, 6.45) is 5.02. The van der Waals surface area contributed by atoms with E-state index in [0.717, 1.165) is 0 Å². The molecule has 0 radical (unpaired) electrons. The second-order valence-corrected chi connectivity index (χ2v) is 5.31. The molecule has 1 aliphatic rings. The second-order valence-electron chi connectivity index (χ2n) is 5.31. The average molecular weight is 317 g/mol. The van der Waals surface area contributed by atoms with Crippen molar-refractivity contribution in [3.05, 3.63) is 25.0 Å². The third-order valence-corrected chi connectivity index (χ3v) is 3.86. The number of imidazole rings is 2. The van der Waals surface area contributed by atoms with Crippen LogP contribution in [0.4, 0.5) is 5.95 Å². The number of aromatic nitrogens is 6. The Morgan fingerprint density at radius 1 is 1.35 bits per heavy atom. The predicted octanol–water partition coefficient (Wildman–Crippen LogP) is -0.765. The van der Waals surface area contributed by atoms with Gasteiger partial charge in [-0.3, -0.25) is 9.13 Å². The average Bonchev–Trinajstić information content (AvgIpc) is 3.24. The molecule has 0 aromatic carbocycles. The summed E-state index contributed by atoms with van der Waals surface area (Å²) in [7, 11) is 0. The van der Waals surface area contributed by atoms with Gasteiger partial charge in [-0.25, -0.2) is 9.97 Å². The van der Waals surface area contributed by atoms with Gasteiger partial charge in [0.05, 0.1) is 19.0 Å². The zero-order chi connectivity index (χ0) is 16.0. The third-order valence-electron chi connectivity index (χ3n) is 3.86. The molecule has 10 heteroatoms. The molecule has 4 heterocycles. The van der Waals surface area contributed by atoms with Crippen LogP contribution in [0, 0.1) is 0 Å². The van der Waals surface area contributed by atoms with Crippen LogP contribution < -0.4 is 5.73 Å². The standard InChI is InChI=1S/C13H15N7O3/c14-13-17-11(19-2-1-15-5-19)10-12(18-13)20(6-16-10)9-3-7(22)8(4-21)23-9/h1-2,5-9,21-22H,3-4H2,(H2,14,17,18)/t7-,8+,9+/m0/s1. The molecular formula is C13H15N7O3. The van der Waals surface area contributed by atoms with E-state index in [0.29, 0.717) is 23.4 Å². The fourth-order valence-corrected chi connectivity index (χ4v) is 2.74. The van der Waals surface area contributed by atoms with Crippen molar-refractivity contribution in [1.82, 2.24) is 29.1 Å². The number of hydrogen-bond acceptors (Lipinski definition) is 8. The van der Waals surface area contributed by atoms with Crippen molar-refractivity contribution in [2.24, 2.45) is 0 Å². The van der Waals surface area contributed by atoms with Gasteiger partial charge in [-0.15, -0.1) is 0 Å². The predicted molar refractivity (Wildman–Crippen MR) is 78.5 cm³/mol. The van der Waals surface area contributed by atoms with E-state index in [1.165, 1.54) is 0 Å². The zero-order valence-electron chi connectivity index (χ0n) is 12.0. The van der Waals surface area contributed by atoms with Crippen LogP contribution >= 0.6 is 0 Å². The lowest BCUT2D eigenvalue weighted by molar-refractivity contribution is -0.0432. The Balaban J connectivity index is 1.81. The van der Waals surface area contributed by atoms with E-state index in [4.69, 9.17) is 10.5 Å². The van der Waals surface area contributed by atoms with Crippen LogP contribution in [-0.2, 0) is 4.74 Å². The molecule has 4 N–H and O–H groups in total. The number of nitrogens with zero attached hydrogens (tertiary/aromatic N) is 6. The van der Waals surface area contributed by atoms with Crippen LogP contribution in [0.1, 0.15) is 12.6 Å². The van der Waals surface area contributed by atoms with Gasteiger partial charge in [0.15, 0.2) is 17.0 Å². The van der Waals surface area contributed by atoms with Crippen LogP contribution in [0.2, 0.25) is 0 Å². The second kappa shape index (κ2) is 5.26. The fraction of sp³-hybridized carbons (Fsp3) is 0.385. The van der Waals surface area contributed by atoms with Crippen LogP contribution in [0.15, 0.2) is 25.0 Å². The molecule has 0 unspecified atom stereocenters. The van der Waals surface area contributed by atoms with Gasteiger partial charge in [0.2, 0.25) is 5.95 Å². The Hall–Kier alpha value is -2.56. The van der Waals surface area contributed by atoms with Crippen LogP contribution in [0.5, 0.6) is 0 Å². The summed E-state index contributed by atoms with van der Waals surface area (Å²) in [5.41, 5.74) is 6.85. The van der Waals surface area contributed by atoms with E-state index in [1.807, 2.05) is 0 Å². The smallest absolute Gasteiger partial charge is 0.224 e. The summed E-state index contributed by atoms with van der Waals surface area (Å²) >= 11 is 0. The van der Waals surface area contributed by atoms with Crippen molar-refractivity contribution < 1.29 is 14.9 Å². The fourth-order valence-electron chi connectivity index (χ4n) is 2.74. The van der Waals surface area contributed by atoms with Crippen molar-refractivity contribution >= 4 is 17.1 Å². The van der Waals surface area contributed by atoms with E-state index >= 15 is 0 Å². The number of rotatable bonds is 3. The Morgan fingerprint density at radius 3 is 2.91 bits per heavy atom. The van der Waals surface area contributed by atoms with Crippen molar-refractivity contribution in [2.75, 3.05) is 12.3 Å². The van der Waals surface area contributed by atoms with E-state index < -0.39 is 18.4 Å². The van der Waals surface area contributed by atoms with Gasteiger partial charge in [0.25, 0.3) is 0 Å². The molecule has 0 aliphatic carbocycles. The molecule has 3 atom stereocenters. The molecular weight excluding hydrogens is 302 g/mol. The van der Waals surface area contributed by atoms with Crippen molar-refractivity contribution in [2.45, 2.75) is 24.9 Å². The molecule has 4 rings (SSSR count). The van der Waals surface area contributed by atoms with Crippen LogP contribution in [-0.4, -0.2) is 58.1 Å². The van der Waals surface area contributed by atoms with Gasteiger partial charge >= 0.3 is 0 Å². The lowest BCUT2D eigenvalue weighted by Crippen LogP contribution is -2.24. The number of anilines is 1. The maximum absolute atomic E-state index is 9.90. The molecule has 23 heavy (non-hydrogen) atoms. The molecule has 1 fully saturated rings. The van der Waals surface area contributed by atoms with Gasteiger partial charge in [0, 0.05) is 18.8 Å². The number of nitrogens with two attached hydrogens (primary N) is 1. The molecule has 0 saturated carbocycles. The number of hydrogen-bond donors (Lipinski definition) is 3. The molecule has 3 aromatic rings. The molecule has 3 aromatic heterocycles. The molecule has 1 aliphatic heterocycles. The lowest BCUT2D eigenvalue weighted by Gasteiger charge is -2.14. The molecule has 0 bridgehead atoms. The molecule has 0 amide bonds. The van der Waals surface area contributed by atoms with Crippen molar-refractivity contribution in [3.63, 3.8) is 0 Å². The molecule has 0 spiro atoms. The molecule has 10 nitrogen and oxygen atoms in total.